The van der Waals surface area contributed by atoms with Crippen molar-refractivity contribution in [3.8, 4) is 0 Å². The van der Waals surface area contributed by atoms with Crippen LogP contribution in [-0.2, 0) is 16.1 Å². The Labute approximate surface area is 94.0 Å². The van der Waals surface area contributed by atoms with E-state index in [9.17, 15) is 4.79 Å². The molecule has 1 rings (SSSR count). The maximum atomic E-state index is 11.6. The SMILES string of the molecule is [CH3][Ge]([CH3])([CH3])[C](=O)COCc1ccccc1. The van der Waals surface area contributed by atoms with Crippen molar-refractivity contribution in [3.05, 3.63) is 35.9 Å². The van der Waals surface area contributed by atoms with Crippen molar-refractivity contribution < 1.29 is 9.53 Å². The second kappa shape index (κ2) is 5.47. The van der Waals surface area contributed by atoms with E-state index in [1.807, 2.05) is 30.3 Å². The zero-order valence-corrected chi connectivity index (χ0v) is 11.7. The molecule has 0 atom stereocenters. The Kier molecular flexibility index (Phi) is 4.54. The quantitative estimate of drug-likeness (QED) is 0.766. The second-order valence-corrected chi connectivity index (χ2v) is 15.3. The van der Waals surface area contributed by atoms with Crippen molar-refractivity contribution in [2.45, 2.75) is 23.9 Å². The molecule has 1 aromatic rings. The molecule has 0 saturated carbocycles. The zero-order valence-electron chi connectivity index (χ0n) is 9.62. The van der Waals surface area contributed by atoms with Crippen molar-refractivity contribution >= 4 is 17.9 Å². The number of ether oxygens (including phenoxy) is 1. The molecule has 15 heavy (non-hydrogen) atoms. The van der Waals surface area contributed by atoms with Gasteiger partial charge in [-0.3, -0.25) is 0 Å². The first kappa shape index (κ1) is 12.5. The van der Waals surface area contributed by atoms with Gasteiger partial charge in [-0.2, -0.15) is 0 Å². The molecule has 0 aromatic heterocycles. The van der Waals surface area contributed by atoms with Gasteiger partial charge >= 0.3 is 93.8 Å². The van der Waals surface area contributed by atoms with Crippen LogP contribution in [0.15, 0.2) is 30.3 Å². The minimum absolute atomic E-state index is 0.276. The third-order valence-corrected chi connectivity index (χ3v) is 5.99. The molecule has 82 valence electrons. The number of hydrogen-bond donors (Lipinski definition) is 0. The standard InChI is InChI=1S/C12H18GeO2/c1-13(2,3)12(14)10-15-9-11-7-5-4-6-8-11/h4-8H,9-10H2,1-3H3. The van der Waals surface area contributed by atoms with Crippen molar-refractivity contribution in [3.63, 3.8) is 0 Å². The molecule has 0 radical (unpaired) electrons. The van der Waals surface area contributed by atoms with Gasteiger partial charge in [-0.15, -0.1) is 0 Å². The Balaban J connectivity index is 2.32. The summed E-state index contributed by atoms with van der Waals surface area (Å²) in [4.78, 5) is 11.6. The van der Waals surface area contributed by atoms with Gasteiger partial charge in [0.15, 0.2) is 0 Å². The molecule has 0 spiro atoms. The topological polar surface area (TPSA) is 26.3 Å². The predicted molar refractivity (Wildman–Crippen MR) is 64.5 cm³/mol. The molecule has 0 fully saturated rings. The Morgan fingerprint density at radius 2 is 1.80 bits per heavy atom. The minimum atomic E-state index is -2.14. The van der Waals surface area contributed by atoms with Crippen LogP contribution in [0.3, 0.4) is 0 Å². The molecule has 0 bridgehead atoms. The molecular formula is C12H18GeO2. The monoisotopic (exact) mass is 268 g/mol. The van der Waals surface area contributed by atoms with E-state index in [2.05, 4.69) is 17.3 Å². The predicted octanol–water partition coefficient (Wildman–Crippen LogP) is 2.65. The van der Waals surface area contributed by atoms with Crippen molar-refractivity contribution in [1.29, 1.82) is 0 Å². The number of carbonyl (C=O) groups excluding carboxylic acids is 1. The molecule has 0 aliphatic carbocycles. The van der Waals surface area contributed by atoms with Gasteiger partial charge in [0.2, 0.25) is 0 Å². The van der Waals surface area contributed by atoms with E-state index in [-0.39, 0.29) is 6.61 Å². The summed E-state index contributed by atoms with van der Waals surface area (Å²) in [5.74, 6) is 6.27. The summed E-state index contributed by atoms with van der Waals surface area (Å²) in [6.07, 6.45) is 0. The summed E-state index contributed by atoms with van der Waals surface area (Å²) in [5, 5.41) is 0. The van der Waals surface area contributed by atoms with E-state index in [4.69, 9.17) is 4.74 Å². The molecule has 0 N–H and O–H groups in total. The van der Waals surface area contributed by atoms with E-state index in [0.717, 1.165) is 5.56 Å². The van der Waals surface area contributed by atoms with Gasteiger partial charge in [0.1, 0.15) is 0 Å². The number of hydrogen-bond acceptors (Lipinski definition) is 2. The molecule has 0 amide bonds. The normalized spacial score (nSPS) is 11.4. The van der Waals surface area contributed by atoms with Crippen molar-refractivity contribution in [2.24, 2.45) is 0 Å². The molecule has 0 aliphatic rings. The zero-order chi connectivity index (χ0) is 11.3. The first-order valence-corrected chi connectivity index (χ1v) is 12.5. The third-order valence-electron chi connectivity index (χ3n) is 2.18. The van der Waals surface area contributed by atoms with E-state index < -0.39 is 13.3 Å². The van der Waals surface area contributed by atoms with E-state index >= 15 is 0 Å². The molecule has 0 saturated heterocycles. The van der Waals surface area contributed by atoms with Crippen LogP contribution in [-0.4, -0.2) is 24.5 Å². The fraction of sp³-hybridized carbons (Fsp3) is 0.417. The summed E-state index contributed by atoms with van der Waals surface area (Å²) in [6.45, 7) is 0.809. The Morgan fingerprint density at radius 1 is 1.20 bits per heavy atom. The van der Waals surface area contributed by atoms with Crippen LogP contribution in [0.25, 0.3) is 0 Å². The maximum absolute atomic E-state index is 11.6. The van der Waals surface area contributed by atoms with Crippen LogP contribution < -0.4 is 0 Å². The second-order valence-electron chi connectivity index (χ2n) is 4.65. The van der Waals surface area contributed by atoms with Crippen LogP contribution >= 0.6 is 0 Å². The van der Waals surface area contributed by atoms with Gasteiger partial charge in [0.25, 0.3) is 0 Å². The van der Waals surface area contributed by atoms with Crippen LogP contribution in [0.4, 0.5) is 0 Å². The molecule has 0 aliphatic heterocycles. The number of benzene rings is 1. The molecular weight excluding hydrogens is 249 g/mol. The first-order valence-electron chi connectivity index (χ1n) is 5.15. The molecule has 0 unspecified atom stereocenters. The number of carbonyl (C=O) groups is 1. The third kappa shape index (κ3) is 4.62. The summed E-state index contributed by atoms with van der Waals surface area (Å²) in [7, 11) is 0. The molecule has 2 nitrogen and oxygen atoms in total. The van der Waals surface area contributed by atoms with Gasteiger partial charge in [0.05, 0.1) is 0 Å². The Morgan fingerprint density at radius 3 is 2.33 bits per heavy atom. The van der Waals surface area contributed by atoms with Crippen LogP contribution in [0.5, 0.6) is 0 Å². The fourth-order valence-corrected chi connectivity index (χ4v) is 2.17. The average Bonchev–Trinajstić information content (AvgIpc) is 2.18. The van der Waals surface area contributed by atoms with E-state index in [0.29, 0.717) is 11.2 Å². The summed E-state index contributed by atoms with van der Waals surface area (Å²) in [6, 6.07) is 9.93. The van der Waals surface area contributed by atoms with Crippen LogP contribution in [0.1, 0.15) is 5.56 Å². The number of rotatable bonds is 5. The van der Waals surface area contributed by atoms with E-state index in [1.165, 1.54) is 0 Å². The average molecular weight is 267 g/mol. The van der Waals surface area contributed by atoms with Crippen molar-refractivity contribution in [1.82, 2.24) is 0 Å². The van der Waals surface area contributed by atoms with Gasteiger partial charge in [-0.25, -0.2) is 0 Å². The van der Waals surface area contributed by atoms with Gasteiger partial charge in [0, 0.05) is 0 Å². The summed E-state index contributed by atoms with van der Waals surface area (Å²) in [5.41, 5.74) is 1.12. The fourth-order valence-electron chi connectivity index (χ4n) is 1.05. The van der Waals surface area contributed by atoms with E-state index in [1.54, 1.807) is 0 Å². The van der Waals surface area contributed by atoms with Crippen molar-refractivity contribution in [2.75, 3.05) is 6.61 Å². The van der Waals surface area contributed by atoms with Gasteiger partial charge in [-0.05, 0) is 0 Å². The Bertz CT molecular complexity index is 314. The van der Waals surface area contributed by atoms with Crippen LogP contribution in [0.2, 0.25) is 17.3 Å². The first-order chi connectivity index (χ1) is 7.00. The van der Waals surface area contributed by atoms with Gasteiger partial charge < -0.3 is 0 Å². The molecule has 3 heteroatoms. The van der Waals surface area contributed by atoms with Gasteiger partial charge in [-0.1, -0.05) is 0 Å². The molecule has 1 aromatic carbocycles. The molecule has 0 heterocycles. The summed E-state index contributed by atoms with van der Waals surface area (Å²) < 4.78 is 5.73. The van der Waals surface area contributed by atoms with Crippen LogP contribution in [0, 0.1) is 0 Å². The summed E-state index contributed by atoms with van der Waals surface area (Å²) >= 11 is -2.14. The Hall–Kier alpha value is -0.607.